The molecule has 0 aliphatic rings. The maximum atomic E-state index is 11.2. The number of nitrogens with zero attached hydrogens (tertiary/aromatic N) is 3. The predicted molar refractivity (Wildman–Crippen MR) is 64.0 cm³/mol. The summed E-state index contributed by atoms with van der Waals surface area (Å²) < 4.78 is 0. The Morgan fingerprint density at radius 1 is 1.35 bits per heavy atom. The summed E-state index contributed by atoms with van der Waals surface area (Å²) in [6, 6.07) is 0. The van der Waals surface area contributed by atoms with Crippen molar-refractivity contribution in [3.8, 4) is 0 Å². The first kappa shape index (κ1) is 11.5. The van der Waals surface area contributed by atoms with Gasteiger partial charge >= 0.3 is 0 Å². The molecule has 88 valence electrons. The fourth-order valence-corrected chi connectivity index (χ4v) is 1.36. The predicted octanol–water partition coefficient (Wildman–Crippen LogP) is 1.13. The molecule has 2 N–H and O–H groups in total. The number of halogens is 1. The highest BCUT2D eigenvalue weighted by Crippen LogP contribution is 2.12. The number of hydrogen-bond donors (Lipinski definition) is 2. The zero-order valence-corrected chi connectivity index (χ0v) is 9.82. The Hall–Kier alpha value is -1.95. The third-order valence-electron chi connectivity index (χ3n) is 2.07. The topological polar surface area (TPSA) is 83.6 Å². The minimum Gasteiger partial charge on any atom is -0.363 e. The first-order valence-electron chi connectivity index (χ1n) is 4.91. The van der Waals surface area contributed by atoms with Gasteiger partial charge < -0.3 is 10.3 Å². The molecule has 0 fully saturated rings. The number of aromatic amines is 1. The Morgan fingerprint density at radius 3 is 2.88 bits per heavy atom. The minimum atomic E-state index is -0.376. The van der Waals surface area contributed by atoms with Gasteiger partial charge in [0.05, 0.1) is 30.5 Å². The second kappa shape index (κ2) is 4.92. The van der Waals surface area contributed by atoms with Gasteiger partial charge in [-0.1, -0.05) is 11.6 Å². The van der Waals surface area contributed by atoms with Gasteiger partial charge in [-0.05, 0) is 6.92 Å². The van der Waals surface area contributed by atoms with Crippen molar-refractivity contribution in [3.63, 3.8) is 0 Å². The second-order valence-electron chi connectivity index (χ2n) is 3.40. The van der Waals surface area contributed by atoms with Gasteiger partial charge in [0.15, 0.2) is 5.82 Å². The van der Waals surface area contributed by atoms with Crippen molar-refractivity contribution >= 4 is 17.4 Å². The van der Waals surface area contributed by atoms with Gasteiger partial charge in [0.2, 0.25) is 0 Å². The number of anilines is 1. The van der Waals surface area contributed by atoms with E-state index >= 15 is 0 Å². The molecule has 0 spiro atoms. The molecule has 7 heteroatoms. The molecule has 0 unspecified atom stereocenters. The molecule has 17 heavy (non-hydrogen) atoms. The summed E-state index contributed by atoms with van der Waals surface area (Å²) in [6.45, 7) is 2.27. The van der Waals surface area contributed by atoms with Crippen LogP contribution in [-0.2, 0) is 6.54 Å². The molecule has 0 saturated carbocycles. The van der Waals surface area contributed by atoms with E-state index in [4.69, 9.17) is 11.6 Å². The largest absolute Gasteiger partial charge is 0.363 e. The number of nitrogens with one attached hydrogen (secondary N) is 2. The Labute approximate surface area is 102 Å². The lowest BCUT2D eigenvalue weighted by atomic mass is 10.4. The van der Waals surface area contributed by atoms with E-state index in [1.54, 1.807) is 12.4 Å². The van der Waals surface area contributed by atoms with Crippen LogP contribution < -0.4 is 10.9 Å². The molecule has 0 aromatic carbocycles. The van der Waals surface area contributed by atoms with Crippen molar-refractivity contribution in [1.29, 1.82) is 0 Å². The highest BCUT2D eigenvalue weighted by atomic mass is 35.5. The van der Waals surface area contributed by atoms with E-state index in [1.807, 2.05) is 6.92 Å². The molecule has 2 rings (SSSR count). The Morgan fingerprint density at radius 2 is 2.18 bits per heavy atom. The number of aryl methyl sites for hydroxylation is 1. The smallest absolute Gasteiger partial charge is 0.271 e. The van der Waals surface area contributed by atoms with Crippen molar-refractivity contribution in [3.05, 3.63) is 45.5 Å². The van der Waals surface area contributed by atoms with E-state index in [0.717, 1.165) is 11.4 Å². The summed E-state index contributed by atoms with van der Waals surface area (Å²) in [6.07, 6.45) is 4.62. The number of rotatable bonds is 3. The van der Waals surface area contributed by atoms with Crippen LogP contribution in [-0.4, -0.2) is 19.9 Å². The molecule has 2 aromatic rings. The van der Waals surface area contributed by atoms with Gasteiger partial charge in [0.25, 0.3) is 5.56 Å². The molecule has 0 radical (unpaired) electrons. The van der Waals surface area contributed by atoms with Crippen LogP contribution in [0.4, 0.5) is 5.82 Å². The van der Waals surface area contributed by atoms with Crippen molar-refractivity contribution < 1.29 is 0 Å². The number of aromatic nitrogens is 4. The maximum Gasteiger partial charge on any atom is 0.271 e. The summed E-state index contributed by atoms with van der Waals surface area (Å²) in [7, 11) is 0. The van der Waals surface area contributed by atoms with Gasteiger partial charge in [0.1, 0.15) is 5.02 Å². The summed E-state index contributed by atoms with van der Waals surface area (Å²) in [4.78, 5) is 25.8. The van der Waals surface area contributed by atoms with Crippen molar-refractivity contribution in [2.45, 2.75) is 13.5 Å². The van der Waals surface area contributed by atoms with Crippen molar-refractivity contribution in [1.82, 2.24) is 19.9 Å². The van der Waals surface area contributed by atoms with E-state index in [-0.39, 0.29) is 10.6 Å². The van der Waals surface area contributed by atoms with Crippen LogP contribution in [0.25, 0.3) is 0 Å². The van der Waals surface area contributed by atoms with Crippen LogP contribution in [0.1, 0.15) is 11.4 Å². The van der Waals surface area contributed by atoms with Gasteiger partial charge in [0, 0.05) is 6.20 Å². The zero-order chi connectivity index (χ0) is 12.3. The third-order valence-corrected chi connectivity index (χ3v) is 2.42. The SMILES string of the molecule is Cc1cnc(CNc2nc[nH]c(=O)c2Cl)cn1. The fourth-order valence-electron chi connectivity index (χ4n) is 1.19. The van der Waals surface area contributed by atoms with Gasteiger partial charge in [-0.25, -0.2) is 4.98 Å². The number of H-pyrrole nitrogens is 1. The molecule has 6 nitrogen and oxygen atoms in total. The first-order valence-corrected chi connectivity index (χ1v) is 5.29. The van der Waals surface area contributed by atoms with Crippen LogP contribution >= 0.6 is 11.6 Å². The molecular formula is C10H10ClN5O. The summed E-state index contributed by atoms with van der Waals surface area (Å²) >= 11 is 5.78. The highest BCUT2D eigenvalue weighted by molar-refractivity contribution is 6.32. The van der Waals surface area contributed by atoms with Gasteiger partial charge in [-0.3, -0.25) is 14.8 Å². The van der Waals surface area contributed by atoms with Crippen molar-refractivity contribution in [2.24, 2.45) is 0 Å². The average Bonchev–Trinajstić information content (AvgIpc) is 2.33. The normalized spacial score (nSPS) is 10.2. The van der Waals surface area contributed by atoms with E-state index in [1.165, 1.54) is 6.33 Å². The first-order chi connectivity index (χ1) is 8.16. The lowest BCUT2D eigenvalue weighted by Gasteiger charge is -2.05. The van der Waals surface area contributed by atoms with Crippen LogP contribution in [0.2, 0.25) is 5.02 Å². The lowest BCUT2D eigenvalue weighted by molar-refractivity contribution is 0.970. The molecule has 0 saturated heterocycles. The molecule has 0 bridgehead atoms. The monoisotopic (exact) mass is 251 g/mol. The van der Waals surface area contributed by atoms with Crippen molar-refractivity contribution in [2.75, 3.05) is 5.32 Å². The average molecular weight is 252 g/mol. The van der Waals surface area contributed by atoms with Gasteiger partial charge in [-0.15, -0.1) is 0 Å². The van der Waals surface area contributed by atoms with Crippen LogP contribution in [0.15, 0.2) is 23.5 Å². The Balaban J connectivity index is 2.10. The van der Waals surface area contributed by atoms with Crippen LogP contribution in [0.5, 0.6) is 0 Å². The third kappa shape index (κ3) is 2.79. The summed E-state index contributed by atoms with van der Waals surface area (Å²) in [5, 5.41) is 2.96. The highest BCUT2D eigenvalue weighted by Gasteiger charge is 2.05. The molecule has 0 atom stereocenters. The lowest BCUT2D eigenvalue weighted by Crippen LogP contribution is -2.12. The molecule has 0 aliphatic carbocycles. The van der Waals surface area contributed by atoms with Crippen LogP contribution in [0, 0.1) is 6.92 Å². The summed E-state index contributed by atoms with van der Waals surface area (Å²) in [5.41, 5.74) is 1.22. The van der Waals surface area contributed by atoms with Crippen LogP contribution in [0.3, 0.4) is 0 Å². The minimum absolute atomic E-state index is 0.0348. The van der Waals surface area contributed by atoms with E-state index in [0.29, 0.717) is 12.4 Å². The zero-order valence-electron chi connectivity index (χ0n) is 9.07. The quantitative estimate of drug-likeness (QED) is 0.855. The molecule has 0 amide bonds. The fraction of sp³-hybridized carbons (Fsp3) is 0.200. The maximum absolute atomic E-state index is 11.2. The second-order valence-corrected chi connectivity index (χ2v) is 3.77. The standard InChI is InChI=1S/C10H10ClN5O/c1-6-2-13-7(3-12-6)4-14-9-8(11)10(17)16-5-15-9/h2-3,5H,4H2,1H3,(H2,14,15,16,17). The molecular weight excluding hydrogens is 242 g/mol. The Bertz CT molecular complexity index is 566. The number of hydrogen-bond acceptors (Lipinski definition) is 5. The van der Waals surface area contributed by atoms with Gasteiger partial charge in [-0.2, -0.15) is 0 Å². The summed E-state index contributed by atoms with van der Waals surface area (Å²) in [5.74, 6) is 0.331. The molecule has 2 aromatic heterocycles. The molecule has 2 heterocycles. The van der Waals surface area contributed by atoms with E-state index < -0.39 is 0 Å². The van der Waals surface area contributed by atoms with E-state index in [9.17, 15) is 4.79 Å². The Kier molecular flexibility index (Phi) is 3.34. The van der Waals surface area contributed by atoms with E-state index in [2.05, 4.69) is 25.3 Å². The molecule has 0 aliphatic heterocycles.